The molecule has 0 fully saturated rings. The first-order chi connectivity index (χ1) is 15.1. The van der Waals surface area contributed by atoms with Gasteiger partial charge in [0.25, 0.3) is 5.91 Å². The first-order valence-electron chi connectivity index (χ1n) is 9.93. The molecule has 3 rings (SSSR count). The summed E-state index contributed by atoms with van der Waals surface area (Å²) in [7, 11) is 0. The van der Waals surface area contributed by atoms with E-state index in [-0.39, 0.29) is 22.7 Å². The number of amides is 1. The number of aryl methyl sites for hydroxylation is 1. The van der Waals surface area contributed by atoms with Crippen molar-refractivity contribution in [2.45, 2.75) is 45.5 Å². The van der Waals surface area contributed by atoms with E-state index in [1.54, 1.807) is 10.6 Å². The third-order valence-electron chi connectivity index (χ3n) is 4.55. The van der Waals surface area contributed by atoms with Gasteiger partial charge in [-0.2, -0.15) is 22.9 Å². The van der Waals surface area contributed by atoms with E-state index in [0.29, 0.717) is 22.9 Å². The Morgan fingerprint density at radius 2 is 2.12 bits per heavy atom. The number of ether oxygens (including phenoxy) is 1. The Hall–Kier alpha value is -2.92. The van der Waals surface area contributed by atoms with Crippen molar-refractivity contribution >= 4 is 27.5 Å². The first kappa shape index (κ1) is 23.7. The fourth-order valence-electron chi connectivity index (χ4n) is 2.97. The number of alkyl halides is 3. The number of halogens is 3. The molecule has 0 bridgehead atoms. The molecule has 1 aromatic carbocycles. The summed E-state index contributed by atoms with van der Waals surface area (Å²) in [4.78, 5) is 17.3. The zero-order valence-electron chi connectivity index (χ0n) is 17.4. The number of carbonyl (C=O) groups excluding carboxylic acids is 1. The number of aliphatic hydroxyl groups excluding tert-OH is 1. The predicted octanol–water partition coefficient (Wildman–Crippen LogP) is 3.66. The topological polar surface area (TPSA) is 90.8 Å². The van der Waals surface area contributed by atoms with Gasteiger partial charge in [-0.25, -0.2) is 0 Å². The van der Waals surface area contributed by atoms with Crippen LogP contribution in [0.15, 0.2) is 41.7 Å². The lowest BCUT2D eigenvalue weighted by molar-refractivity contribution is -0.604. The Morgan fingerprint density at radius 1 is 1.38 bits per heavy atom. The molecule has 11 heteroatoms. The minimum Gasteiger partial charge on any atom is -0.619 e. The number of hydrogen-bond acceptors (Lipinski definition) is 5. The number of thiazole rings is 1. The number of fused-ring (bicyclic) bond motifs is 1. The molecule has 7 nitrogen and oxygen atoms in total. The molecule has 2 aromatic heterocycles. The Bertz CT molecular complexity index is 1190. The normalized spacial score (nSPS) is 13.5. The molecule has 2 heterocycles. The van der Waals surface area contributed by atoms with Crippen LogP contribution in [0.25, 0.3) is 10.2 Å². The third-order valence-corrected chi connectivity index (χ3v) is 5.61. The molecule has 0 unspecified atom stereocenters. The van der Waals surface area contributed by atoms with Crippen molar-refractivity contribution in [2.75, 3.05) is 6.61 Å². The van der Waals surface area contributed by atoms with Gasteiger partial charge in [0.2, 0.25) is 6.20 Å². The maximum absolute atomic E-state index is 13.2. The van der Waals surface area contributed by atoms with Crippen LogP contribution >= 0.6 is 11.3 Å². The summed E-state index contributed by atoms with van der Waals surface area (Å²) in [6.07, 6.45) is -1.23. The van der Waals surface area contributed by atoms with E-state index in [2.05, 4.69) is 4.99 Å². The lowest BCUT2D eigenvalue weighted by Crippen LogP contribution is -2.25. The second-order valence-electron chi connectivity index (χ2n) is 7.23. The Morgan fingerprint density at radius 3 is 2.78 bits per heavy atom. The van der Waals surface area contributed by atoms with E-state index < -0.39 is 23.8 Å². The van der Waals surface area contributed by atoms with Crippen molar-refractivity contribution in [3.05, 3.63) is 57.8 Å². The van der Waals surface area contributed by atoms with Crippen LogP contribution in [0.1, 0.15) is 42.6 Å². The van der Waals surface area contributed by atoms with Crippen molar-refractivity contribution in [3.63, 3.8) is 0 Å². The lowest BCUT2D eigenvalue weighted by atomic mass is 10.1. The summed E-state index contributed by atoms with van der Waals surface area (Å²) in [5.74, 6) is -1.02. The number of unbranched alkanes of at least 4 members (excludes halogenated alkanes) is 1. The van der Waals surface area contributed by atoms with Crippen LogP contribution in [0.4, 0.5) is 13.2 Å². The zero-order chi connectivity index (χ0) is 23.5. The maximum Gasteiger partial charge on any atom is 0.416 e. The van der Waals surface area contributed by atoms with Crippen molar-refractivity contribution in [1.29, 1.82) is 0 Å². The minimum absolute atomic E-state index is 0.105. The van der Waals surface area contributed by atoms with Gasteiger partial charge in [0.1, 0.15) is 17.9 Å². The lowest BCUT2D eigenvalue weighted by Gasteiger charge is -2.13. The van der Waals surface area contributed by atoms with Crippen LogP contribution < -0.4 is 14.3 Å². The standard InChI is InChI=1S/C21H22F3N3O4S/c1-3-4-8-27-16-11-26(30)9-7-18(16)32-20(27)25-19(29)15-10-14(21(22,23)24)5-6-17(15)31-12-13(2)28/h5-7,9-11,13,28H,3-4,8,12H2,1-2H3/t13-/m0/s1. The number of pyridine rings is 1. The average molecular weight is 469 g/mol. The number of hydrogen-bond donors (Lipinski definition) is 1. The number of nitrogens with zero attached hydrogens (tertiary/aromatic N) is 3. The van der Waals surface area contributed by atoms with Crippen molar-refractivity contribution in [1.82, 2.24) is 4.57 Å². The molecule has 0 radical (unpaired) electrons. The Labute approximate surface area is 185 Å². The summed E-state index contributed by atoms with van der Waals surface area (Å²) >= 11 is 1.16. The van der Waals surface area contributed by atoms with Gasteiger partial charge >= 0.3 is 6.18 Å². The van der Waals surface area contributed by atoms with E-state index in [1.807, 2.05) is 6.92 Å². The summed E-state index contributed by atoms with van der Waals surface area (Å²) in [6.45, 7) is 3.72. The molecule has 1 atom stereocenters. The van der Waals surface area contributed by atoms with Gasteiger partial charge in [0.15, 0.2) is 11.0 Å². The molecular weight excluding hydrogens is 447 g/mol. The highest BCUT2D eigenvalue weighted by Crippen LogP contribution is 2.33. The smallest absolute Gasteiger partial charge is 0.416 e. The van der Waals surface area contributed by atoms with Crippen molar-refractivity contribution in [2.24, 2.45) is 4.99 Å². The van der Waals surface area contributed by atoms with Crippen LogP contribution in [0.5, 0.6) is 5.75 Å². The van der Waals surface area contributed by atoms with Crippen LogP contribution in [0.2, 0.25) is 0 Å². The maximum atomic E-state index is 13.2. The summed E-state index contributed by atoms with van der Waals surface area (Å²) in [5, 5.41) is 21.2. The van der Waals surface area contributed by atoms with Crippen LogP contribution in [-0.4, -0.2) is 28.3 Å². The molecule has 1 amide bonds. The molecule has 32 heavy (non-hydrogen) atoms. The number of benzene rings is 1. The van der Waals surface area contributed by atoms with E-state index in [0.717, 1.165) is 41.0 Å². The number of aromatic nitrogens is 2. The molecule has 0 saturated carbocycles. The van der Waals surface area contributed by atoms with E-state index in [9.17, 15) is 28.3 Å². The summed E-state index contributed by atoms with van der Waals surface area (Å²) in [5.41, 5.74) is -0.788. The second kappa shape index (κ2) is 9.70. The second-order valence-corrected chi connectivity index (χ2v) is 8.24. The minimum atomic E-state index is -4.65. The van der Waals surface area contributed by atoms with Crippen molar-refractivity contribution < 1.29 is 32.5 Å². The van der Waals surface area contributed by atoms with Gasteiger partial charge in [0.05, 0.1) is 21.9 Å². The van der Waals surface area contributed by atoms with Gasteiger partial charge in [0, 0.05) is 12.6 Å². The highest BCUT2D eigenvalue weighted by atomic mass is 32.1. The van der Waals surface area contributed by atoms with Gasteiger partial charge < -0.3 is 19.6 Å². The first-order valence-corrected chi connectivity index (χ1v) is 10.7. The van der Waals surface area contributed by atoms with Gasteiger partial charge in [-0.3, -0.25) is 4.79 Å². The molecule has 0 aliphatic rings. The fourth-order valence-corrected chi connectivity index (χ4v) is 3.99. The van der Waals surface area contributed by atoms with Gasteiger partial charge in [-0.15, -0.1) is 0 Å². The third kappa shape index (κ3) is 5.46. The number of rotatable bonds is 7. The molecule has 0 aliphatic heterocycles. The molecule has 0 saturated heterocycles. The molecule has 0 spiro atoms. The highest BCUT2D eigenvalue weighted by molar-refractivity contribution is 7.16. The monoisotopic (exact) mass is 469 g/mol. The quantitative estimate of drug-likeness (QED) is 0.422. The Kier molecular flexibility index (Phi) is 7.19. The van der Waals surface area contributed by atoms with Crippen molar-refractivity contribution in [3.8, 4) is 5.75 Å². The highest BCUT2D eigenvalue weighted by Gasteiger charge is 2.32. The van der Waals surface area contributed by atoms with E-state index >= 15 is 0 Å². The van der Waals surface area contributed by atoms with E-state index in [1.165, 1.54) is 19.3 Å². The molecular formula is C21H22F3N3O4S. The predicted molar refractivity (Wildman–Crippen MR) is 112 cm³/mol. The number of carbonyl (C=O) groups is 1. The molecule has 3 aromatic rings. The van der Waals surface area contributed by atoms with Gasteiger partial charge in [-0.05, 0) is 31.5 Å². The molecule has 1 N–H and O–H groups in total. The molecule has 172 valence electrons. The summed E-state index contributed by atoms with van der Waals surface area (Å²) in [6, 6.07) is 4.14. The van der Waals surface area contributed by atoms with Gasteiger partial charge in [-0.1, -0.05) is 24.7 Å². The SMILES string of the molecule is CCCCn1c(=NC(=O)c2cc(C(F)(F)F)ccc2OC[C@H](C)O)sc2cc[n+]([O-])cc21. The van der Waals surface area contributed by atoms with Crippen LogP contribution in [-0.2, 0) is 12.7 Å². The van der Waals surface area contributed by atoms with Crippen LogP contribution in [0.3, 0.4) is 0 Å². The summed E-state index contributed by atoms with van der Waals surface area (Å²) < 4.78 is 48.1. The Balaban J connectivity index is 2.13. The number of aliphatic hydroxyl groups is 1. The fraction of sp³-hybridized carbons (Fsp3) is 0.381. The molecule has 0 aliphatic carbocycles. The van der Waals surface area contributed by atoms with E-state index in [4.69, 9.17) is 4.74 Å². The zero-order valence-corrected chi connectivity index (χ0v) is 18.2. The van der Waals surface area contributed by atoms with Crippen LogP contribution in [0, 0.1) is 5.21 Å². The average Bonchev–Trinajstić information content (AvgIpc) is 3.05. The largest absolute Gasteiger partial charge is 0.619 e.